The van der Waals surface area contributed by atoms with Gasteiger partial charge in [-0.2, -0.15) is 0 Å². The molecule has 5 rings (SSSR count). The van der Waals surface area contributed by atoms with E-state index in [0.717, 1.165) is 12.8 Å². The highest BCUT2D eigenvalue weighted by molar-refractivity contribution is 5.94. The molecule has 0 spiro atoms. The van der Waals surface area contributed by atoms with E-state index in [9.17, 15) is 0 Å². The van der Waals surface area contributed by atoms with Crippen LogP contribution in [-0.2, 0) is 10.8 Å². The van der Waals surface area contributed by atoms with Crippen molar-refractivity contribution in [3.8, 4) is 0 Å². The lowest BCUT2D eigenvalue weighted by molar-refractivity contribution is 0.491. The Hall–Kier alpha value is -1.82. The van der Waals surface area contributed by atoms with Gasteiger partial charge in [0.25, 0.3) is 0 Å². The van der Waals surface area contributed by atoms with Crippen molar-refractivity contribution in [2.24, 2.45) is 10.8 Å². The van der Waals surface area contributed by atoms with Crippen molar-refractivity contribution < 1.29 is 0 Å². The van der Waals surface area contributed by atoms with Crippen LogP contribution in [0, 0.1) is 10.8 Å². The van der Waals surface area contributed by atoms with Crippen molar-refractivity contribution in [1.82, 2.24) is 0 Å². The number of rotatable bonds is 0. The number of benzene rings is 1. The molecule has 0 fully saturated rings. The third-order valence-electron chi connectivity index (χ3n) is 9.18. The molecule has 170 valence electrons. The standard InChI is InChI=1S/C32H42/c1-17-23(29(3,4)5)15-21-19-13-26-20(14-25(19)31(9,10)27(17)21)22-16-24(30(6,7)8)18(2)28(22)32(26,11)12/h13-14H,15-16H2,1-12H3. The normalized spacial score (nSPS) is 23.4. The number of fused-ring (bicyclic) bond motifs is 4. The molecule has 0 radical (unpaired) electrons. The fourth-order valence-electron chi connectivity index (χ4n) is 7.76. The molecule has 0 unspecified atom stereocenters. The molecule has 0 atom stereocenters. The zero-order valence-electron chi connectivity index (χ0n) is 22.6. The molecule has 0 nitrogen and oxygen atoms in total. The summed E-state index contributed by atoms with van der Waals surface area (Å²) in [6.45, 7) is 28.9. The topological polar surface area (TPSA) is 0 Å². The maximum absolute atomic E-state index is 2.61. The molecule has 0 N–H and O–H groups in total. The van der Waals surface area contributed by atoms with E-state index >= 15 is 0 Å². The lowest BCUT2D eigenvalue weighted by atomic mass is 9.72. The predicted molar refractivity (Wildman–Crippen MR) is 140 cm³/mol. The quantitative estimate of drug-likeness (QED) is 0.387. The number of allylic oxidation sites excluding steroid dienone is 8. The predicted octanol–water partition coefficient (Wildman–Crippen LogP) is 9.31. The average Bonchev–Trinajstić information content (AvgIpc) is 3.28. The van der Waals surface area contributed by atoms with Crippen LogP contribution in [0.5, 0.6) is 0 Å². The van der Waals surface area contributed by atoms with Gasteiger partial charge in [-0.25, -0.2) is 0 Å². The summed E-state index contributed by atoms with van der Waals surface area (Å²) in [5.74, 6) is 0. The molecule has 0 heterocycles. The third-order valence-corrected chi connectivity index (χ3v) is 9.18. The van der Waals surface area contributed by atoms with Crippen molar-refractivity contribution in [2.75, 3.05) is 0 Å². The van der Waals surface area contributed by atoms with Crippen LogP contribution in [0.25, 0.3) is 11.1 Å². The van der Waals surface area contributed by atoms with Crippen molar-refractivity contribution in [1.29, 1.82) is 0 Å². The lowest BCUT2D eigenvalue weighted by Crippen LogP contribution is -2.22. The molecule has 4 aliphatic rings. The SMILES string of the molecule is CC1=C(C(C)(C)C)CC2=C1C(C)(C)c1cc3c(cc12)C(C)(C)C1=C3CC(C(C)(C)C)=C1C. The van der Waals surface area contributed by atoms with E-state index in [-0.39, 0.29) is 21.7 Å². The van der Waals surface area contributed by atoms with Crippen LogP contribution >= 0.6 is 0 Å². The van der Waals surface area contributed by atoms with Crippen LogP contribution in [-0.4, -0.2) is 0 Å². The van der Waals surface area contributed by atoms with Gasteiger partial charge < -0.3 is 0 Å². The first-order valence-corrected chi connectivity index (χ1v) is 12.6. The van der Waals surface area contributed by atoms with Gasteiger partial charge in [0.05, 0.1) is 0 Å². The van der Waals surface area contributed by atoms with E-state index in [1.54, 1.807) is 55.7 Å². The maximum Gasteiger partial charge on any atom is 0.0158 e. The van der Waals surface area contributed by atoms with Gasteiger partial charge in [0.15, 0.2) is 0 Å². The second-order valence-corrected chi connectivity index (χ2v) is 14.0. The van der Waals surface area contributed by atoms with E-state index < -0.39 is 0 Å². The largest absolute Gasteiger partial charge is 0.0572 e. The maximum atomic E-state index is 2.61. The smallest absolute Gasteiger partial charge is 0.0158 e. The van der Waals surface area contributed by atoms with Crippen molar-refractivity contribution in [2.45, 2.75) is 107 Å². The molecule has 32 heavy (non-hydrogen) atoms. The number of hydrogen-bond acceptors (Lipinski definition) is 0. The Morgan fingerprint density at radius 1 is 0.594 bits per heavy atom. The Kier molecular flexibility index (Phi) is 4.12. The van der Waals surface area contributed by atoms with Crippen LogP contribution in [0.2, 0.25) is 0 Å². The summed E-state index contributed by atoms with van der Waals surface area (Å²) >= 11 is 0. The molecule has 0 amide bonds. The van der Waals surface area contributed by atoms with Crippen molar-refractivity contribution >= 4 is 11.1 Å². The molecular weight excluding hydrogens is 384 g/mol. The van der Waals surface area contributed by atoms with Gasteiger partial charge in [-0.3, -0.25) is 0 Å². The van der Waals surface area contributed by atoms with Crippen LogP contribution in [0.4, 0.5) is 0 Å². The minimum absolute atomic E-state index is 0.0815. The molecule has 4 aliphatic carbocycles. The van der Waals surface area contributed by atoms with Gasteiger partial charge in [0.1, 0.15) is 0 Å². The molecule has 0 heteroatoms. The Bertz CT molecular complexity index is 1120. The molecule has 1 aromatic carbocycles. The molecule has 0 saturated carbocycles. The highest BCUT2D eigenvalue weighted by Gasteiger charge is 2.48. The molecule has 0 saturated heterocycles. The van der Waals surface area contributed by atoms with Gasteiger partial charge >= 0.3 is 0 Å². The molecule has 1 aromatic rings. The summed E-state index contributed by atoms with van der Waals surface area (Å²) in [4.78, 5) is 0. The minimum Gasteiger partial charge on any atom is -0.0572 e. The molecule has 0 aromatic heterocycles. The molecule has 0 bridgehead atoms. The lowest BCUT2D eigenvalue weighted by Gasteiger charge is -2.31. The average molecular weight is 427 g/mol. The van der Waals surface area contributed by atoms with Gasteiger partial charge in [-0.1, -0.05) is 80.4 Å². The third kappa shape index (κ3) is 2.56. The fourth-order valence-corrected chi connectivity index (χ4v) is 7.76. The minimum atomic E-state index is 0.0815. The van der Waals surface area contributed by atoms with Gasteiger partial charge in [-0.15, -0.1) is 0 Å². The van der Waals surface area contributed by atoms with E-state index in [2.05, 4.69) is 95.2 Å². The Balaban J connectivity index is 1.67. The van der Waals surface area contributed by atoms with Crippen LogP contribution in [0.1, 0.15) is 118 Å². The second-order valence-electron chi connectivity index (χ2n) is 14.0. The molecule has 0 aliphatic heterocycles. The van der Waals surface area contributed by atoms with Gasteiger partial charge in [0, 0.05) is 10.8 Å². The zero-order chi connectivity index (χ0) is 23.8. The van der Waals surface area contributed by atoms with E-state index in [0.29, 0.717) is 0 Å². The Morgan fingerprint density at radius 2 is 0.906 bits per heavy atom. The van der Waals surface area contributed by atoms with E-state index in [1.807, 2.05) is 0 Å². The van der Waals surface area contributed by atoms with Crippen LogP contribution in [0.3, 0.4) is 0 Å². The van der Waals surface area contributed by atoms with Gasteiger partial charge in [0.2, 0.25) is 0 Å². The van der Waals surface area contributed by atoms with Crippen molar-refractivity contribution in [3.63, 3.8) is 0 Å². The first-order valence-electron chi connectivity index (χ1n) is 12.6. The summed E-state index contributed by atoms with van der Waals surface area (Å²) in [6, 6.07) is 5.21. The molecular formula is C32H42. The summed E-state index contributed by atoms with van der Waals surface area (Å²) in [6.07, 6.45) is 2.25. The van der Waals surface area contributed by atoms with Crippen LogP contribution in [0.15, 0.2) is 45.6 Å². The summed E-state index contributed by atoms with van der Waals surface area (Å²) in [7, 11) is 0. The van der Waals surface area contributed by atoms with E-state index in [4.69, 9.17) is 0 Å². The Morgan fingerprint density at radius 3 is 1.19 bits per heavy atom. The number of hydrogen-bond donors (Lipinski definition) is 0. The van der Waals surface area contributed by atoms with Crippen LogP contribution < -0.4 is 0 Å². The highest BCUT2D eigenvalue weighted by Crippen LogP contribution is 2.62. The summed E-state index contributed by atoms with van der Waals surface area (Å²) < 4.78 is 0. The highest BCUT2D eigenvalue weighted by atomic mass is 14.5. The second kappa shape index (κ2) is 5.99. The monoisotopic (exact) mass is 426 g/mol. The van der Waals surface area contributed by atoms with E-state index in [1.165, 1.54) is 11.1 Å². The summed E-state index contributed by atoms with van der Waals surface area (Å²) in [5.41, 5.74) is 19.6. The first kappa shape index (κ1) is 22.0. The zero-order valence-corrected chi connectivity index (χ0v) is 22.6. The fraction of sp³-hybridized carbons (Fsp3) is 0.562. The first-order chi connectivity index (χ1) is 14.5. The van der Waals surface area contributed by atoms with Gasteiger partial charge in [-0.05, 0) is 105 Å². The van der Waals surface area contributed by atoms with Crippen molar-refractivity contribution in [3.05, 3.63) is 67.8 Å². The summed E-state index contributed by atoms with van der Waals surface area (Å²) in [5, 5.41) is 0. The Labute approximate surface area is 196 Å².